The number of ether oxygens (including phenoxy) is 1. The SMILES string of the molecule is COc1nc(N(CC2CCCN2)C(C)C)ncc1Br. The molecular formula is C13H21BrN4O. The summed E-state index contributed by atoms with van der Waals surface area (Å²) in [5, 5.41) is 3.51. The van der Waals surface area contributed by atoms with Crippen molar-refractivity contribution in [3.63, 3.8) is 0 Å². The monoisotopic (exact) mass is 328 g/mol. The van der Waals surface area contributed by atoms with Crippen LogP contribution >= 0.6 is 15.9 Å². The number of nitrogens with one attached hydrogen (secondary N) is 1. The summed E-state index contributed by atoms with van der Waals surface area (Å²) in [5.41, 5.74) is 0. The molecule has 1 aromatic rings. The Balaban J connectivity index is 2.17. The minimum Gasteiger partial charge on any atom is -0.480 e. The number of hydrogen-bond donors (Lipinski definition) is 1. The average molecular weight is 329 g/mol. The van der Waals surface area contributed by atoms with Crippen molar-refractivity contribution in [2.24, 2.45) is 0 Å². The third kappa shape index (κ3) is 3.57. The zero-order valence-electron chi connectivity index (χ0n) is 11.7. The maximum absolute atomic E-state index is 5.25. The van der Waals surface area contributed by atoms with Crippen molar-refractivity contribution < 1.29 is 4.74 Å². The van der Waals surface area contributed by atoms with Crippen LogP contribution in [0.4, 0.5) is 5.95 Å². The van der Waals surface area contributed by atoms with Crippen molar-refractivity contribution in [3.8, 4) is 5.88 Å². The first-order valence-corrected chi connectivity index (χ1v) is 7.47. The van der Waals surface area contributed by atoms with Gasteiger partial charge in [0.1, 0.15) is 0 Å². The molecule has 2 heterocycles. The van der Waals surface area contributed by atoms with Crippen LogP contribution in [-0.4, -0.2) is 42.3 Å². The zero-order chi connectivity index (χ0) is 13.8. The molecule has 0 saturated carbocycles. The van der Waals surface area contributed by atoms with E-state index < -0.39 is 0 Å². The number of halogens is 1. The van der Waals surface area contributed by atoms with Gasteiger partial charge in [-0.1, -0.05) is 0 Å². The van der Waals surface area contributed by atoms with Crippen molar-refractivity contribution in [3.05, 3.63) is 10.7 Å². The molecule has 106 valence electrons. The molecule has 1 atom stereocenters. The van der Waals surface area contributed by atoms with Crippen LogP contribution in [0, 0.1) is 0 Å². The molecule has 1 N–H and O–H groups in total. The van der Waals surface area contributed by atoms with Crippen LogP contribution < -0.4 is 15.0 Å². The van der Waals surface area contributed by atoms with E-state index in [2.05, 4.69) is 50.0 Å². The number of aromatic nitrogens is 2. The van der Waals surface area contributed by atoms with E-state index in [9.17, 15) is 0 Å². The van der Waals surface area contributed by atoms with E-state index in [0.29, 0.717) is 18.0 Å². The lowest BCUT2D eigenvalue weighted by molar-refractivity contribution is 0.393. The minimum atomic E-state index is 0.355. The highest BCUT2D eigenvalue weighted by Crippen LogP contribution is 2.24. The predicted octanol–water partition coefficient (Wildman–Crippen LogP) is 2.21. The molecule has 0 spiro atoms. The Kier molecular flexibility index (Phi) is 4.99. The van der Waals surface area contributed by atoms with Gasteiger partial charge in [-0.25, -0.2) is 4.98 Å². The van der Waals surface area contributed by atoms with Gasteiger partial charge in [-0.3, -0.25) is 0 Å². The van der Waals surface area contributed by atoms with E-state index >= 15 is 0 Å². The van der Waals surface area contributed by atoms with Crippen molar-refractivity contribution in [2.75, 3.05) is 25.1 Å². The molecule has 1 unspecified atom stereocenters. The van der Waals surface area contributed by atoms with Crippen molar-refractivity contribution in [2.45, 2.75) is 38.8 Å². The van der Waals surface area contributed by atoms with Gasteiger partial charge in [0.05, 0.1) is 17.8 Å². The third-order valence-corrected chi connectivity index (χ3v) is 3.90. The zero-order valence-corrected chi connectivity index (χ0v) is 13.3. The van der Waals surface area contributed by atoms with E-state index in [-0.39, 0.29) is 0 Å². The van der Waals surface area contributed by atoms with Crippen LogP contribution in [0.3, 0.4) is 0 Å². The van der Waals surface area contributed by atoms with E-state index in [1.54, 1.807) is 13.3 Å². The first-order valence-electron chi connectivity index (χ1n) is 6.68. The standard InChI is InChI=1S/C13H21BrN4O/c1-9(2)18(8-10-5-4-6-15-10)13-16-7-11(14)12(17-13)19-3/h7,9-10,15H,4-6,8H2,1-3H3. The first kappa shape index (κ1) is 14.5. The Morgan fingerprint density at radius 1 is 1.58 bits per heavy atom. The Bertz CT molecular complexity index is 421. The van der Waals surface area contributed by atoms with Crippen LogP contribution in [0.2, 0.25) is 0 Å². The fourth-order valence-corrected chi connectivity index (χ4v) is 2.65. The number of hydrogen-bond acceptors (Lipinski definition) is 5. The van der Waals surface area contributed by atoms with Gasteiger partial charge in [-0.2, -0.15) is 4.98 Å². The van der Waals surface area contributed by atoms with E-state index in [4.69, 9.17) is 4.74 Å². The van der Waals surface area contributed by atoms with Gasteiger partial charge in [0.25, 0.3) is 0 Å². The largest absolute Gasteiger partial charge is 0.480 e. The fraction of sp³-hybridized carbons (Fsp3) is 0.692. The average Bonchev–Trinajstić information content (AvgIpc) is 2.89. The molecule has 2 rings (SSSR count). The third-order valence-electron chi connectivity index (χ3n) is 3.35. The fourth-order valence-electron chi connectivity index (χ4n) is 2.30. The summed E-state index contributed by atoms with van der Waals surface area (Å²) in [4.78, 5) is 11.1. The van der Waals surface area contributed by atoms with Crippen molar-refractivity contribution in [1.82, 2.24) is 15.3 Å². The van der Waals surface area contributed by atoms with Crippen LogP contribution in [0.15, 0.2) is 10.7 Å². The molecule has 19 heavy (non-hydrogen) atoms. The molecule has 1 saturated heterocycles. The second kappa shape index (κ2) is 6.52. The van der Waals surface area contributed by atoms with Gasteiger partial charge in [-0.15, -0.1) is 0 Å². The molecule has 1 aromatic heterocycles. The number of methoxy groups -OCH3 is 1. The number of rotatable bonds is 5. The molecule has 0 aliphatic carbocycles. The molecular weight excluding hydrogens is 308 g/mol. The number of nitrogens with zero attached hydrogens (tertiary/aromatic N) is 3. The molecule has 6 heteroatoms. The van der Waals surface area contributed by atoms with Gasteiger partial charge in [0, 0.05) is 18.6 Å². The summed E-state index contributed by atoms with van der Waals surface area (Å²) in [7, 11) is 1.62. The molecule has 0 aromatic carbocycles. The smallest absolute Gasteiger partial charge is 0.232 e. The van der Waals surface area contributed by atoms with Crippen molar-refractivity contribution >= 4 is 21.9 Å². The maximum atomic E-state index is 5.25. The summed E-state index contributed by atoms with van der Waals surface area (Å²) >= 11 is 3.38. The summed E-state index contributed by atoms with van der Waals surface area (Å²) in [6, 6.07) is 0.883. The highest BCUT2D eigenvalue weighted by molar-refractivity contribution is 9.10. The highest BCUT2D eigenvalue weighted by Gasteiger charge is 2.22. The lowest BCUT2D eigenvalue weighted by Gasteiger charge is -2.29. The van der Waals surface area contributed by atoms with Gasteiger partial charge >= 0.3 is 0 Å². The Morgan fingerprint density at radius 2 is 2.37 bits per heavy atom. The lowest BCUT2D eigenvalue weighted by Crippen LogP contribution is -2.42. The predicted molar refractivity (Wildman–Crippen MR) is 79.8 cm³/mol. The second-order valence-electron chi connectivity index (χ2n) is 5.07. The quantitative estimate of drug-likeness (QED) is 0.898. The van der Waals surface area contributed by atoms with Crippen LogP contribution in [0.5, 0.6) is 5.88 Å². The summed E-state index contributed by atoms with van der Waals surface area (Å²) < 4.78 is 6.02. The summed E-state index contributed by atoms with van der Waals surface area (Å²) in [6.45, 7) is 6.36. The molecule has 1 aliphatic heterocycles. The molecule has 0 bridgehead atoms. The van der Waals surface area contributed by atoms with Crippen LogP contribution in [0.25, 0.3) is 0 Å². The molecule has 5 nitrogen and oxygen atoms in total. The van der Waals surface area contributed by atoms with Gasteiger partial charge in [0.2, 0.25) is 11.8 Å². The first-order chi connectivity index (χ1) is 9.11. The van der Waals surface area contributed by atoms with Crippen LogP contribution in [-0.2, 0) is 0 Å². The molecule has 1 aliphatic rings. The summed E-state index contributed by atoms with van der Waals surface area (Å²) in [6.07, 6.45) is 4.22. The minimum absolute atomic E-state index is 0.355. The molecule has 0 radical (unpaired) electrons. The van der Waals surface area contributed by atoms with Gasteiger partial charge in [0.15, 0.2) is 0 Å². The van der Waals surface area contributed by atoms with E-state index in [1.807, 2.05) is 0 Å². The highest BCUT2D eigenvalue weighted by atomic mass is 79.9. The molecule has 0 amide bonds. The Hall–Kier alpha value is -0.880. The summed E-state index contributed by atoms with van der Waals surface area (Å²) in [5.74, 6) is 1.30. The van der Waals surface area contributed by atoms with E-state index in [1.165, 1.54) is 12.8 Å². The number of anilines is 1. The van der Waals surface area contributed by atoms with Gasteiger partial charge < -0.3 is 15.0 Å². The second-order valence-corrected chi connectivity index (χ2v) is 5.92. The Morgan fingerprint density at radius 3 is 2.95 bits per heavy atom. The topological polar surface area (TPSA) is 50.3 Å². The normalized spacial score (nSPS) is 18.9. The molecule has 1 fully saturated rings. The Labute approximate surface area is 122 Å². The lowest BCUT2D eigenvalue weighted by atomic mass is 10.2. The van der Waals surface area contributed by atoms with Gasteiger partial charge in [-0.05, 0) is 49.2 Å². The van der Waals surface area contributed by atoms with Crippen molar-refractivity contribution in [1.29, 1.82) is 0 Å². The van der Waals surface area contributed by atoms with Crippen LogP contribution in [0.1, 0.15) is 26.7 Å². The maximum Gasteiger partial charge on any atom is 0.232 e. The van der Waals surface area contributed by atoms with E-state index in [0.717, 1.165) is 23.5 Å².